The number of amides is 2. The van der Waals surface area contributed by atoms with Crippen molar-refractivity contribution in [2.45, 2.75) is 109 Å². The molecule has 1 N–H and O–H groups in total. The molecule has 0 radical (unpaired) electrons. The van der Waals surface area contributed by atoms with E-state index in [1.54, 1.807) is 25.7 Å². The summed E-state index contributed by atoms with van der Waals surface area (Å²) in [6.45, 7) is 11.8. The van der Waals surface area contributed by atoms with Crippen molar-refractivity contribution >= 4 is 55.3 Å². The second-order valence-corrected chi connectivity index (χ2v) is 18.7. The highest BCUT2D eigenvalue weighted by molar-refractivity contribution is 7.23. The van der Waals surface area contributed by atoms with Crippen molar-refractivity contribution in [2.75, 3.05) is 44.0 Å². The largest absolute Gasteiger partial charge is 0.461 e. The van der Waals surface area contributed by atoms with Crippen molar-refractivity contribution in [3.63, 3.8) is 0 Å². The number of carbonyl (C=O) groups excluding carboxylic acids is 2. The fourth-order valence-electron chi connectivity index (χ4n) is 8.29. The SMILES string of the molecule is CN(C)C1(COc2nc(N3C4CCC3CN(C(=O)OC(C)(C)C)C4)c3c4c(c(-c5c(F)ccc6sc(NC(=O)OC(C)(C)C)c(C#N)c56)c(F)c3n2)COC4)CC1. The molecule has 0 spiro atoms. The van der Waals surface area contributed by atoms with Crippen molar-refractivity contribution in [2.24, 2.45) is 0 Å². The molecular formula is C41H47F2N7O6S. The minimum absolute atomic E-state index is 0.0147. The lowest BCUT2D eigenvalue weighted by Gasteiger charge is -2.42. The van der Waals surface area contributed by atoms with Gasteiger partial charge in [0.15, 0.2) is 5.82 Å². The van der Waals surface area contributed by atoms with Crippen LogP contribution in [0.5, 0.6) is 6.01 Å². The number of piperazine rings is 1. The van der Waals surface area contributed by atoms with Crippen LogP contribution in [-0.2, 0) is 27.4 Å². The fourth-order valence-corrected chi connectivity index (χ4v) is 9.34. The molecule has 4 aromatic rings. The van der Waals surface area contributed by atoms with Crippen LogP contribution in [0, 0.1) is 23.0 Å². The summed E-state index contributed by atoms with van der Waals surface area (Å²) in [7, 11) is 3.98. The smallest absolute Gasteiger partial charge is 0.412 e. The van der Waals surface area contributed by atoms with E-state index in [2.05, 4.69) is 21.2 Å². The molecule has 2 saturated heterocycles. The Morgan fingerprint density at radius 1 is 1.00 bits per heavy atom. The van der Waals surface area contributed by atoms with Gasteiger partial charge in [-0.05, 0) is 105 Å². The number of fused-ring (bicyclic) bond motifs is 6. The summed E-state index contributed by atoms with van der Waals surface area (Å²) in [6, 6.07) is 4.55. The molecule has 2 bridgehead atoms. The molecule has 3 fully saturated rings. The van der Waals surface area contributed by atoms with Gasteiger partial charge in [0.05, 0.1) is 29.7 Å². The average Bonchev–Trinajstić information content (AvgIpc) is 3.51. The third kappa shape index (κ3) is 7.08. The molecule has 57 heavy (non-hydrogen) atoms. The van der Waals surface area contributed by atoms with E-state index in [9.17, 15) is 14.9 Å². The second kappa shape index (κ2) is 13.9. The van der Waals surface area contributed by atoms with Crippen LogP contribution in [0.4, 0.5) is 29.2 Å². The molecule has 3 aliphatic heterocycles. The molecule has 4 aliphatic rings. The fraction of sp³-hybridized carbons (Fsp3) is 0.537. The summed E-state index contributed by atoms with van der Waals surface area (Å²) in [4.78, 5) is 41.8. The normalized spacial score (nSPS) is 19.9. The number of likely N-dealkylation sites (tertiary alicyclic amines) is 1. The molecule has 1 saturated carbocycles. The first-order valence-electron chi connectivity index (χ1n) is 19.2. The van der Waals surface area contributed by atoms with E-state index in [0.29, 0.717) is 40.1 Å². The van der Waals surface area contributed by atoms with Gasteiger partial charge in [0.1, 0.15) is 46.0 Å². The monoisotopic (exact) mass is 803 g/mol. The molecule has 8 rings (SSSR count). The predicted molar refractivity (Wildman–Crippen MR) is 212 cm³/mol. The molecule has 16 heteroatoms. The highest BCUT2D eigenvalue weighted by atomic mass is 32.1. The minimum atomic E-state index is -0.806. The zero-order valence-electron chi connectivity index (χ0n) is 33.5. The second-order valence-electron chi connectivity index (χ2n) is 17.6. The first-order chi connectivity index (χ1) is 26.9. The minimum Gasteiger partial charge on any atom is -0.461 e. The number of thiophene rings is 1. The summed E-state index contributed by atoms with van der Waals surface area (Å²) >= 11 is 1.07. The van der Waals surface area contributed by atoms with Crippen LogP contribution >= 0.6 is 11.3 Å². The highest BCUT2D eigenvalue weighted by Gasteiger charge is 2.47. The van der Waals surface area contributed by atoms with Crippen LogP contribution in [-0.4, -0.2) is 94.6 Å². The van der Waals surface area contributed by atoms with Crippen molar-refractivity contribution < 1.29 is 37.3 Å². The lowest BCUT2D eigenvalue weighted by molar-refractivity contribution is 0.0209. The van der Waals surface area contributed by atoms with Crippen LogP contribution in [0.2, 0.25) is 0 Å². The Kier molecular flexibility index (Phi) is 9.52. The third-order valence-electron chi connectivity index (χ3n) is 11.2. The van der Waals surface area contributed by atoms with Crippen LogP contribution in [0.25, 0.3) is 32.1 Å². The van der Waals surface area contributed by atoms with E-state index < -0.39 is 28.9 Å². The molecule has 302 valence electrons. The predicted octanol–water partition coefficient (Wildman–Crippen LogP) is 8.10. The number of nitriles is 1. The van der Waals surface area contributed by atoms with Crippen LogP contribution < -0.4 is 15.0 Å². The van der Waals surface area contributed by atoms with Crippen molar-refractivity contribution in [3.8, 4) is 23.2 Å². The number of hydrogen-bond donors (Lipinski definition) is 1. The van der Waals surface area contributed by atoms with Crippen molar-refractivity contribution in [1.82, 2.24) is 19.8 Å². The van der Waals surface area contributed by atoms with Gasteiger partial charge in [-0.3, -0.25) is 5.32 Å². The number of nitrogens with one attached hydrogen (secondary N) is 1. The van der Waals surface area contributed by atoms with Gasteiger partial charge in [-0.15, -0.1) is 11.3 Å². The summed E-state index contributed by atoms with van der Waals surface area (Å²) < 4.78 is 58.2. The Bertz CT molecular complexity index is 2350. The molecular weight excluding hydrogens is 757 g/mol. The molecule has 5 heterocycles. The van der Waals surface area contributed by atoms with E-state index in [1.807, 2.05) is 34.9 Å². The van der Waals surface area contributed by atoms with Gasteiger partial charge in [0.2, 0.25) is 0 Å². The molecule has 2 amide bonds. The number of aromatic nitrogens is 2. The van der Waals surface area contributed by atoms with Gasteiger partial charge in [-0.25, -0.2) is 18.4 Å². The van der Waals surface area contributed by atoms with Gasteiger partial charge in [-0.2, -0.15) is 15.2 Å². The van der Waals surface area contributed by atoms with Crippen molar-refractivity contribution in [3.05, 3.63) is 40.5 Å². The summed E-state index contributed by atoms with van der Waals surface area (Å²) in [6.07, 6.45) is 2.24. The number of benzene rings is 2. The Hall–Kier alpha value is -4.85. The van der Waals surface area contributed by atoms with E-state index >= 15 is 8.78 Å². The zero-order chi connectivity index (χ0) is 40.8. The van der Waals surface area contributed by atoms with Crippen LogP contribution in [0.1, 0.15) is 83.9 Å². The number of hydrogen-bond acceptors (Lipinski definition) is 12. The van der Waals surface area contributed by atoms with E-state index in [4.69, 9.17) is 28.9 Å². The van der Waals surface area contributed by atoms with Gasteiger partial charge in [-0.1, -0.05) is 0 Å². The van der Waals surface area contributed by atoms with Gasteiger partial charge in [0, 0.05) is 46.4 Å². The van der Waals surface area contributed by atoms with Crippen LogP contribution in [0.3, 0.4) is 0 Å². The number of nitrogens with zero attached hydrogens (tertiary/aromatic N) is 6. The maximum atomic E-state index is 17.8. The number of halogens is 2. The number of ether oxygens (including phenoxy) is 4. The first-order valence-corrected chi connectivity index (χ1v) is 20.0. The highest BCUT2D eigenvalue weighted by Crippen LogP contribution is 2.50. The first kappa shape index (κ1) is 39.0. The third-order valence-corrected chi connectivity index (χ3v) is 12.2. The molecule has 2 aromatic carbocycles. The lowest BCUT2D eigenvalue weighted by Crippen LogP contribution is -2.56. The lowest BCUT2D eigenvalue weighted by atomic mass is 9.90. The number of likely N-dealkylation sites (N-methyl/N-ethyl adjacent to an activating group) is 1. The van der Waals surface area contributed by atoms with Crippen molar-refractivity contribution in [1.29, 1.82) is 5.26 Å². The standard InChI is InChI=1S/C41H47F2N7O6S/c1-39(2,3)55-37(51)47-35-23(15-44)28-27(57-35)12-11-26(42)31(28)29-24-18-53-19-25(24)30-33(32(29)43)45-36(54-20-41(13-14-41)48(7)8)46-34(30)50-21-9-10-22(50)17-49(16-21)38(52)56-40(4,5)6/h11-12,21-22H,9-10,13-14,16-20H2,1-8H3,(H,47,51). The maximum absolute atomic E-state index is 17.8. The zero-order valence-corrected chi connectivity index (χ0v) is 34.3. The Morgan fingerprint density at radius 3 is 2.28 bits per heavy atom. The van der Waals surface area contributed by atoms with Gasteiger partial charge in [0.25, 0.3) is 0 Å². The molecule has 1 aliphatic carbocycles. The molecule has 2 atom stereocenters. The van der Waals surface area contributed by atoms with Crippen LogP contribution in [0.15, 0.2) is 12.1 Å². The Morgan fingerprint density at radius 2 is 1.67 bits per heavy atom. The quantitative estimate of drug-likeness (QED) is 0.194. The number of rotatable bonds is 7. The number of carbonyl (C=O) groups is 2. The van der Waals surface area contributed by atoms with Gasteiger partial charge < -0.3 is 33.6 Å². The van der Waals surface area contributed by atoms with E-state index in [0.717, 1.165) is 37.0 Å². The number of anilines is 2. The van der Waals surface area contributed by atoms with Gasteiger partial charge >= 0.3 is 18.2 Å². The maximum Gasteiger partial charge on any atom is 0.412 e. The van der Waals surface area contributed by atoms with E-state index in [-0.39, 0.29) is 82.1 Å². The van der Waals surface area contributed by atoms with E-state index in [1.165, 1.54) is 12.1 Å². The molecule has 13 nitrogen and oxygen atoms in total. The summed E-state index contributed by atoms with van der Waals surface area (Å²) in [5.41, 5.74) is -0.897. The Balaban J connectivity index is 1.30. The molecule has 2 aromatic heterocycles. The molecule has 2 unspecified atom stereocenters. The topological polar surface area (TPSA) is 142 Å². The summed E-state index contributed by atoms with van der Waals surface area (Å²) in [5, 5.41) is 13.8. The summed E-state index contributed by atoms with van der Waals surface area (Å²) in [5.74, 6) is -1.08. The average molecular weight is 804 g/mol. The Labute approximate surface area is 333 Å².